The van der Waals surface area contributed by atoms with Gasteiger partial charge in [0.15, 0.2) is 0 Å². The summed E-state index contributed by atoms with van der Waals surface area (Å²) >= 11 is 17.2. The standard InChI is InChI=1S/C13H14Cl2N2O2S/c14-8-2-1-3-9(15)10(8)17-12(18)13(11(16)20)4-6-19-7-5-13/h1-3H,4-7H2,(H2,16,20)(H,17,18). The number of para-hydroxylation sites is 1. The lowest BCUT2D eigenvalue weighted by Crippen LogP contribution is -2.49. The Morgan fingerprint density at radius 2 is 1.85 bits per heavy atom. The molecule has 1 aliphatic heterocycles. The van der Waals surface area contributed by atoms with Gasteiger partial charge in [-0.2, -0.15) is 0 Å². The van der Waals surface area contributed by atoms with Crippen molar-refractivity contribution in [2.45, 2.75) is 12.8 Å². The average molecular weight is 333 g/mol. The predicted molar refractivity (Wildman–Crippen MR) is 84.4 cm³/mol. The van der Waals surface area contributed by atoms with Crippen molar-refractivity contribution in [3.05, 3.63) is 28.2 Å². The summed E-state index contributed by atoms with van der Waals surface area (Å²) in [5.41, 5.74) is 5.25. The van der Waals surface area contributed by atoms with E-state index in [1.807, 2.05) is 0 Å². The maximum Gasteiger partial charge on any atom is 0.237 e. The second-order valence-corrected chi connectivity index (χ2v) is 5.86. The number of nitrogens with one attached hydrogen (secondary N) is 1. The fourth-order valence-corrected chi connectivity index (χ4v) is 2.94. The molecule has 1 amide bonds. The zero-order chi connectivity index (χ0) is 14.8. The van der Waals surface area contributed by atoms with Crippen molar-refractivity contribution in [1.82, 2.24) is 0 Å². The van der Waals surface area contributed by atoms with Crippen LogP contribution in [0.15, 0.2) is 18.2 Å². The van der Waals surface area contributed by atoms with Gasteiger partial charge in [0.25, 0.3) is 0 Å². The van der Waals surface area contributed by atoms with Gasteiger partial charge >= 0.3 is 0 Å². The number of benzene rings is 1. The average Bonchev–Trinajstić information content (AvgIpc) is 2.43. The molecule has 0 atom stereocenters. The Bertz CT molecular complexity index is 525. The number of halogens is 2. The lowest BCUT2D eigenvalue weighted by atomic mass is 9.79. The number of ether oxygens (including phenoxy) is 1. The molecule has 1 saturated heterocycles. The van der Waals surface area contributed by atoms with Gasteiger partial charge in [0, 0.05) is 13.2 Å². The zero-order valence-corrected chi connectivity index (χ0v) is 12.9. The molecule has 1 aliphatic rings. The summed E-state index contributed by atoms with van der Waals surface area (Å²) in [6.07, 6.45) is 0.909. The Kier molecular flexibility index (Phi) is 4.86. The number of anilines is 1. The first-order chi connectivity index (χ1) is 9.47. The van der Waals surface area contributed by atoms with E-state index >= 15 is 0 Å². The van der Waals surface area contributed by atoms with Gasteiger partial charge in [-0.05, 0) is 25.0 Å². The van der Waals surface area contributed by atoms with Gasteiger partial charge < -0.3 is 15.8 Å². The van der Waals surface area contributed by atoms with Crippen molar-refractivity contribution < 1.29 is 9.53 Å². The van der Waals surface area contributed by atoms with Crippen LogP contribution in [0, 0.1) is 5.41 Å². The molecule has 20 heavy (non-hydrogen) atoms. The lowest BCUT2D eigenvalue weighted by Gasteiger charge is -2.34. The van der Waals surface area contributed by atoms with Gasteiger partial charge in [0.1, 0.15) is 5.41 Å². The van der Waals surface area contributed by atoms with E-state index in [0.717, 1.165) is 0 Å². The van der Waals surface area contributed by atoms with Crippen molar-refractivity contribution in [1.29, 1.82) is 0 Å². The van der Waals surface area contributed by atoms with Crippen LogP contribution >= 0.6 is 35.4 Å². The van der Waals surface area contributed by atoms with Crippen molar-refractivity contribution in [2.75, 3.05) is 18.5 Å². The van der Waals surface area contributed by atoms with Gasteiger partial charge in [-0.3, -0.25) is 4.79 Å². The number of hydrogen-bond donors (Lipinski definition) is 2. The first kappa shape index (κ1) is 15.5. The van der Waals surface area contributed by atoms with E-state index in [4.69, 9.17) is 45.9 Å². The van der Waals surface area contributed by atoms with Gasteiger partial charge in [-0.15, -0.1) is 0 Å². The highest BCUT2D eigenvalue weighted by Crippen LogP contribution is 2.35. The Morgan fingerprint density at radius 3 is 2.35 bits per heavy atom. The van der Waals surface area contributed by atoms with E-state index in [1.165, 1.54) is 0 Å². The number of carbonyl (C=O) groups excluding carboxylic acids is 1. The minimum Gasteiger partial charge on any atom is -0.392 e. The highest BCUT2D eigenvalue weighted by atomic mass is 35.5. The third kappa shape index (κ3) is 2.91. The largest absolute Gasteiger partial charge is 0.392 e. The summed E-state index contributed by atoms with van der Waals surface area (Å²) in [5, 5.41) is 3.49. The summed E-state index contributed by atoms with van der Waals surface area (Å²) in [7, 11) is 0. The van der Waals surface area contributed by atoms with Gasteiger partial charge in [0.2, 0.25) is 5.91 Å². The summed E-state index contributed by atoms with van der Waals surface area (Å²) in [6, 6.07) is 5.01. The second-order valence-electron chi connectivity index (χ2n) is 4.61. The summed E-state index contributed by atoms with van der Waals surface area (Å²) < 4.78 is 5.28. The number of nitrogens with two attached hydrogens (primary N) is 1. The predicted octanol–water partition coefficient (Wildman–Crippen LogP) is 3.01. The van der Waals surface area contributed by atoms with Crippen LogP contribution < -0.4 is 11.1 Å². The molecule has 108 valence electrons. The monoisotopic (exact) mass is 332 g/mol. The van der Waals surface area contributed by atoms with Gasteiger partial charge in [-0.25, -0.2) is 0 Å². The van der Waals surface area contributed by atoms with E-state index in [1.54, 1.807) is 18.2 Å². The number of carbonyl (C=O) groups is 1. The molecule has 0 bridgehead atoms. The molecule has 1 heterocycles. The normalized spacial score (nSPS) is 17.5. The molecule has 4 nitrogen and oxygen atoms in total. The molecular weight excluding hydrogens is 319 g/mol. The molecular formula is C13H14Cl2N2O2S. The molecule has 0 radical (unpaired) electrons. The minimum atomic E-state index is -0.907. The van der Waals surface area contributed by atoms with Crippen LogP contribution in [-0.4, -0.2) is 24.1 Å². The molecule has 1 aromatic rings. The third-order valence-corrected chi connectivity index (χ3v) is 4.47. The fourth-order valence-electron chi connectivity index (χ4n) is 2.16. The Morgan fingerprint density at radius 1 is 1.30 bits per heavy atom. The highest BCUT2D eigenvalue weighted by Gasteiger charge is 2.43. The molecule has 0 saturated carbocycles. The quantitative estimate of drug-likeness (QED) is 0.835. The van der Waals surface area contributed by atoms with Crippen LogP contribution in [0.4, 0.5) is 5.69 Å². The van der Waals surface area contributed by atoms with E-state index in [9.17, 15) is 4.79 Å². The van der Waals surface area contributed by atoms with Crippen LogP contribution in [0.3, 0.4) is 0 Å². The van der Waals surface area contributed by atoms with Crippen LogP contribution in [0.25, 0.3) is 0 Å². The van der Waals surface area contributed by atoms with Crippen LogP contribution in [0.5, 0.6) is 0 Å². The lowest BCUT2D eigenvalue weighted by molar-refractivity contribution is -0.126. The molecule has 7 heteroatoms. The molecule has 0 aromatic heterocycles. The van der Waals surface area contributed by atoms with E-state index in [0.29, 0.717) is 41.8 Å². The topological polar surface area (TPSA) is 64.4 Å². The number of thiocarbonyl (C=S) groups is 1. The summed E-state index contributed by atoms with van der Waals surface area (Å²) in [4.78, 5) is 12.8. The molecule has 2 rings (SSSR count). The fraction of sp³-hybridized carbons (Fsp3) is 0.385. The van der Waals surface area contributed by atoms with Crippen molar-refractivity contribution >= 4 is 52.0 Å². The number of hydrogen-bond acceptors (Lipinski definition) is 3. The molecule has 0 spiro atoms. The van der Waals surface area contributed by atoms with Gasteiger partial charge in [-0.1, -0.05) is 41.5 Å². The van der Waals surface area contributed by atoms with Crippen LogP contribution in [0.1, 0.15) is 12.8 Å². The maximum atomic E-state index is 12.6. The number of amides is 1. The first-order valence-corrected chi connectivity index (χ1v) is 7.27. The molecule has 3 N–H and O–H groups in total. The Balaban J connectivity index is 2.28. The SMILES string of the molecule is NC(=S)C1(C(=O)Nc2c(Cl)cccc2Cl)CCOCC1. The Hall–Kier alpha value is -0.880. The Labute approximate surface area is 132 Å². The van der Waals surface area contributed by atoms with Crippen molar-refractivity contribution in [3.63, 3.8) is 0 Å². The van der Waals surface area contributed by atoms with E-state index < -0.39 is 5.41 Å². The molecule has 1 fully saturated rings. The molecule has 0 unspecified atom stereocenters. The van der Waals surface area contributed by atoms with Crippen molar-refractivity contribution in [2.24, 2.45) is 11.1 Å². The molecule has 0 aliphatic carbocycles. The van der Waals surface area contributed by atoms with Gasteiger partial charge in [0.05, 0.1) is 20.7 Å². The third-order valence-electron chi connectivity index (χ3n) is 3.45. The summed E-state index contributed by atoms with van der Waals surface area (Å²) in [6.45, 7) is 0.891. The zero-order valence-electron chi connectivity index (χ0n) is 10.6. The van der Waals surface area contributed by atoms with Crippen LogP contribution in [-0.2, 0) is 9.53 Å². The molecule has 1 aromatic carbocycles. The minimum absolute atomic E-state index is 0.168. The van der Waals surface area contributed by atoms with E-state index in [2.05, 4.69) is 5.32 Å². The smallest absolute Gasteiger partial charge is 0.237 e. The van der Waals surface area contributed by atoms with Crippen molar-refractivity contribution in [3.8, 4) is 0 Å². The van der Waals surface area contributed by atoms with Crippen LogP contribution in [0.2, 0.25) is 10.0 Å². The second kappa shape index (κ2) is 6.26. The maximum absolute atomic E-state index is 12.6. The summed E-state index contributed by atoms with van der Waals surface area (Å²) in [5.74, 6) is -0.289. The first-order valence-electron chi connectivity index (χ1n) is 6.10. The number of rotatable bonds is 3. The highest BCUT2D eigenvalue weighted by molar-refractivity contribution is 7.80. The van der Waals surface area contributed by atoms with E-state index in [-0.39, 0.29) is 10.9 Å².